The molecule has 0 atom stereocenters. The van der Waals surface area contributed by atoms with Gasteiger partial charge in [-0.15, -0.1) is 0 Å². The van der Waals surface area contributed by atoms with Crippen LogP contribution in [0.3, 0.4) is 0 Å². The van der Waals surface area contributed by atoms with Gasteiger partial charge in [-0.1, -0.05) is 17.3 Å². The van der Waals surface area contributed by atoms with E-state index in [9.17, 15) is 9.59 Å². The Balaban J connectivity index is 1.41. The molecule has 3 heterocycles. The van der Waals surface area contributed by atoms with Gasteiger partial charge in [0.15, 0.2) is 11.5 Å². The summed E-state index contributed by atoms with van der Waals surface area (Å²) in [4.78, 5) is 25.4. The molecule has 0 radical (unpaired) electrons. The van der Waals surface area contributed by atoms with E-state index in [1.54, 1.807) is 17.0 Å². The van der Waals surface area contributed by atoms with E-state index >= 15 is 0 Å². The summed E-state index contributed by atoms with van der Waals surface area (Å²) in [5.41, 5.74) is 1.75. The monoisotopic (exact) mass is 353 g/mol. The molecule has 8 heteroatoms. The summed E-state index contributed by atoms with van der Waals surface area (Å²) in [6.45, 7) is 1.19. The molecule has 2 amide bonds. The second-order valence-corrected chi connectivity index (χ2v) is 5.67. The Morgan fingerprint density at radius 2 is 2.12 bits per heavy atom. The first-order valence-electron chi connectivity index (χ1n) is 8.03. The number of anilines is 1. The normalized spacial score (nSPS) is 13.7. The van der Waals surface area contributed by atoms with Gasteiger partial charge in [0.1, 0.15) is 6.61 Å². The van der Waals surface area contributed by atoms with Crippen LogP contribution in [0, 0.1) is 0 Å². The van der Waals surface area contributed by atoms with E-state index in [-0.39, 0.29) is 17.7 Å². The molecule has 2 aromatic heterocycles. The minimum Gasteiger partial charge on any atom is -0.461 e. The smallest absolute Gasteiger partial charge is 0.414 e. The number of nitrogens with one attached hydrogen (secondary N) is 1. The zero-order chi connectivity index (χ0) is 17.9. The van der Waals surface area contributed by atoms with Crippen molar-refractivity contribution < 1.29 is 23.3 Å². The van der Waals surface area contributed by atoms with Crippen molar-refractivity contribution in [2.45, 2.75) is 6.54 Å². The van der Waals surface area contributed by atoms with Crippen LogP contribution in [0.2, 0.25) is 0 Å². The number of carbonyl (C=O) groups excluding carboxylic acids is 2. The minimum atomic E-state index is -0.363. The molecule has 1 aromatic carbocycles. The summed E-state index contributed by atoms with van der Waals surface area (Å²) in [5.74, 6) is 0.522. The van der Waals surface area contributed by atoms with Crippen molar-refractivity contribution in [1.29, 1.82) is 0 Å². The van der Waals surface area contributed by atoms with E-state index in [0.29, 0.717) is 31.2 Å². The predicted molar refractivity (Wildman–Crippen MR) is 90.5 cm³/mol. The van der Waals surface area contributed by atoms with Gasteiger partial charge in [-0.2, -0.15) is 0 Å². The van der Waals surface area contributed by atoms with Gasteiger partial charge in [0, 0.05) is 18.3 Å². The Labute approximate surface area is 148 Å². The van der Waals surface area contributed by atoms with E-state index in [1.807, 2.05) is 24.3 Å². The van der Waals surface area contributed by atoms with Crippen molar-refractivity contribution in [2.24, 2.45) is 0 Å². The van der Waals surface area contributed by atoms with Crippen molar-refractivity contribution in [2.75, 3.05) is 18.1 Å². The van der Waals surface area contributed by atoms with E-state index in [1.165, 1.54) is 12.3 Å². The van der Waals surface area contributed by atoms with Crippen LogP contribution in [0.4, 0.5) is 10.5 Å². The van der Waals surface area contributed by atoms with Crippen molar-refractivity contribution in [3.05, 3.63) is 60.0 Å². The number of aromatic nitrogens is 1. The molecule has 0 spiro atoms. The lowest BCUT2D eigenvalue weighted by Crippen LogP contribution is -2.25. The molecule has 0 bridgehead atoms. The van der Waals surface area contributed by atoms with Gasteiger partial charge in [0.05, 0.1) is 12.8 Å². The summed E-state index contributed by atoms with van der Waals surface area (Å²) in [6.07, 6.45) is 1.15. The molecule has 26 heavy (non-hydrogen) atoms. The van der Waals surface area contributed by atoms with Gasteiger partial charge in [0.25, 0.3) is 5.91 Å². The fraction of sp³-hybridized carbons (Fsp3) is 0.167. The number of carbonyl (C=O) groups is 2. The van der Waals surface area contributed by atoms with Crippen molar-refractivity contribution >= 4 is 17.7 Å². The van der Waals surface area contributed by atoms with Crippen LogP contribution < -0.4 is 10.2 Å². The number of amides is 2. The SMILES string of the molecule is O=C(NCc1cccc(N2CCOC2=O)c1)c1cc(-c2ccco2)on1. The van der Waals surface area contributed by atoms with Crippen LogP contribution in [-0.4, -0.2) is 30.3 Å². The third kappa shape index (κ3) is 3.16. The van der Waals surface area contributed by atoms with Gasteiger partial charge in [0.2, 0.25) is 5.76 Å². The van der Waals surface area contributed by atoms with Gasteiger partial charge >= 0.3 is 6.09 Å². The highest BCUT2D eigenvalue weighted by molar-refractivity contribution is 5.93. The van der Waals surface area contributed by atoms with E-state index in [4.69, 9.17) is 13.7 Å². The number of rotatable bonds is 5. The first kappa shape index (κ1) is 15.9. The van der Waals surface area contributed by atoms with Gasteiger partial charge in [-0.3, -0.25) is 9.69 Å². The molecule has 0 saturated carbocycles. The summed E-state index contributed by atoms with van der Waals surface area (Å²) in [6, 6.07) is 12.3. The van der Waals surface area contributed by atoms with Crippen LogP contribution >= 0.6 is 0 Å². The molecule has 1 aliphatic heterocycles. The molecule has 3 aromatic rings. The molecular formula is C18H15N3O5. The maximum absolute atomic E-state index is 12.2. The van der Waals surface area contributed by atoms with Crippen molar-refractivity contribution in [3.63, 3.8) is 0 Å². The number of ether oxygens (including phenoxy) is 1. The fourth-order valence-electron chi connectivity index (χ4n) is 2.65. The fourth-order valence-corrected chi connectivity index (χ4v) is 2.65. The number of furan rings is 1. The largest absolute Gasteiger partial charge is 0.461 e. The zero-order valence-corrected chi connectivity index (χ0v) is 13.7. The molecule has 4 rings (SSSR count). The van der Waals surface area contributed by atoms with Crippen molar-refractivity contribution in [1.82, 2.24) is 10.5 Å². The molecule has 1 N–H and O–H groups in total. The third-order valence-corrected chi connectivity index (χ3v) is 3.94. The number of cyclic esters (lactones) is 1. The lowest BCUT2D eigenvalue weighted by atomic mass is 10.2. The Morgan fingerprint density at radius 3 is 2.88 bits per heavy atom. The summed E-state index contributed by atoms with van der Waals surface area (Å²) < 4.78 is 15.3. The van der Waals surface area contributed by atoms with E-state index < -0.39 is 0 Å². The Hall–Kier alpha value is -3.55. The Kier molecular flexibility index (Phi) is 4.14. The van der Waals surface area contributed by atoms with Crippen LogP contribution in [0.15, 0.2) is 57.7 Å². The molecule has 1 aliphatic rings. The first-order valence-corrected chi connectivity index (χ1v) is 8.03. The highest BCUT2D eigenvalue weighted by Crippen LogP contribution is 2.21. The van der Waals surface area contributed by atoms with Crippen LogP contribution in [0.25, 0.3) is 11.5 Å². The molecule has 0 unspecified atom stereocenters. The summed E-state index contributed by atoms with van der Waals surface area (Å²) in [7, 11) is 0. The van der Waals surface area contributed by atoms with Gasteiger partial charge in [-0.25, -0.2) is 4.79 Å². The quantitative estimate of drug-likeness (QED) is 0.757. The third-order valence-electron chi connectivity index (χ3n) is 3.94. The highest BCUT2D eigenvalue weighted by atomic mass is 16.6. The van der Waals surface area contributed by atoms with Crippen LogP contribution in [0.5, 0.6) is 0 Å². The molecular weight excluding hydrogens is 338 g/mol. The van der Waals surface area contributed by atoms with Gasteiger partial charge in [-0.05, 0) is 29.8 Å². The number of hydrogen-bond donors (Lipinski definition) is 1. The lowest BCUT2D eigenvalue weighted by molar-refractivity contribution is 0.0942. The van der Waals surface area contributed by atoms with Crippen molar-refractivity contribution in [3.8, 4) is 11.5 Å². The van der Waals surface area contributed by atoms with Crippen LogP contribution in [-0.2, 0) is 11.3 Å². The number of nitrogens with zero attached hydrogens (tertiary/aromatic N) is 2. The maximum atomic E-state index is 12.2. The average Bonchev–Trinajstić information content (AvgIpc) is 3.40. The minimum absolute atomic E-state index is 0.163. The van der Waals surface area contributed by atoms with Crippen LogP contribution in [0.1, 0.15) is 16.1 Å². The topological polar surface area (TPSA) is 97.8 Å². The second kappa shape index (κ2) is 6.75. The average molecular weight is 353 g/mol. The predicted octanol–water partition coefficient (Wildman–Crippen LogP) is 2.82. The maximum Gasteiger partial charge on any atom is 0.414 e. The molecule has 8 nitrogen and oxygen atoms in total. The molecule has 1 fully saturated rings. The molecule has 132 valence electrons. The zero-order valence-electron chi connectivity index (χ0n) is 13.7. The Morgan fingerprint density at radius 1 is 1.19 bits per heavy atom. The summed E-state index contributed by atoms with van der Waals surface area (Å²) in [5, 5.41) is 6.53. The highest BCUT2D eigenvalue weighted by Gasteiger charge is 2.23. The first-order chi connectivity index (χ1) is 12.7. The lowest BCUT2D eigenvalue weighted by Gasteiger charge is -2.14. The summed E-state index contributed by atoms with van der Waals surface area (Å²) >= 11 is 0. The molecule has 0 aliphatic carbocycles. The number of benzene rings is 1. The Bertz CT molecular complexity index is 932. The van der Waals surface area contributed by atoms with E-state index in [0.717, 1.165) is 11.3 Å². The van der Waals surface area contributed by atoms with E-state index in [2.05, 4.69) is 10.5 Å². The second-order valence-electron chi connectivity index (χ2n) is 5.67. The molecule has 1 saturated heterocycles. The van der Waals surface area contributed by atoms with Gasteiger partial charge < -0.3 is 19.0 Å². The number of hydrogen-bond acceptors (Lipinski definition) is 6. The standard InChI is InChI=1S/C18H15N3O5/c22-17(14-10-16(26-20-14)15-5-2-7-24-15)19-11-12-3-1-4-13(9-12)21-6-8-25-18(21)23/h1-5,7,9-10H,6,8,11H2,(H,19,22).